The van der Waals surface area contributed by atoms with Gasteiger partial charge in [-0.15, -0.1) is 0 Å². The average Bonchev–Trinajstić information content (AvgIpc) is 2.80. The van der Waals surface area contributed by atoms with Gasteiger partial charge in [-0.1, -0.05) is 24.3 Å². The summed E-state index contributed by atoms with van der Waals surface area (Å²) in [5, 5.41) is 10.4. The SMILES string of the molecule is O[C@H]1CCCc2ccccc2[C@@H]1N1CCCC1. The van der Waals surface area contributed by atoms with Crippen LogP contribution in [0.25, 0.3) is 0 Å². The van der Waals surface area contributed by atoms with Gasteiger partial charge in [0.1, 0.15) is 0 Å². The van der Waals surface area contributed by atoms with Crippen LogP contribution in [0, 0.1) is 0 Å². The Morgan fingerprint density at radius 2 is 1.82 bits per heavy atom. The summed E-state index contributed by atoms with van der Waals surface area (Å²) in [5.41, 5.74) is 2.82. The van der Waals surface area contributed by atoms with Crippen LogP contribution in [-0.2, 0) is 6.42 Å². The van der Waals surface area contributed by atoms with Crippen LogP contribution in [0.2, 0.25) is 0 Å². The Hall–Kier alpha value is -0.860. The van der Waals surface area contributed by atoms with E-state index in [4.69, 9.17) is 0 Å². The summed E-state index contributed by atoms with van der Waals surface area (Å²) in [4.78, 5) is 2.48. The Balaban J connectivity index is 1.97. The molecule has 1 aromatic rings. The van der Waals surface area contributed by atoms with E-state index in [9.17, 15) is 5.11 Å². The van der Waals surface area contributed by atoms with Gasteiger partial charge >= 0.3 is 0 Å². The summed E-state index contributed by atoms with van der Waals surface area (Å²) < 4.78 is 0. The lowest BCUT2D eigenvalue weighted by Gasteiger charge is -2.31. The molecule has 0 saturated carbocycles. The highest BCUT2D eigenvalue weighted by atomic mass is 16.3. The van der Waals surface area contributed by atoms with E-state index in [0.717, 1.165) is 32.4 Å². The van der Waals surface area contributed by atoms with Crippen molar-refractivity contribution in [1.29, 1.82) is 0 Å². The van der Waals surface area contributed by atoms with Crippen molar-refractivity contribution in [3.8, 4) is 0 Å². The molecule has 1 aliphatic heterocycles. The molecule has 0 unspecified atom stereocenters. The minimum atomic E-state index is -0.184. The summed E-state index contributed by atoms with van der Waals surface area (Å²) in [7, 11) is 0. The fourth-order valence-electron chi connectivity index (χ4n) is 3.38. The van der Waals surface area contributed by atoms with Crippen LogP contribution in [0.3, 0.4) is 0 Å². The highest BCUT2D eigenvalue weighted by Crippen LogP contribution is 2.35. The van der Waals surface area contributed by atoms with Gasteiger partial charge in [0.2, 0.25) is 0 Å². The number of fused-ring (bicyclic) bond motifs is 1. The maximum atomic E-state index is 10.4. The lowest BCUT2D eigenvalue weighted by molar-refractivity contribution is 0.0568. The van der Waals surface area contributed by atoms with E-state index in [1.54, 1.807) is 0 Å². The number of aliphatic hydroxyl groups is 1. The molecule has 3 rings (SSSR count). The van der Waals surface area contributed by atoms with Crippen molar-refractivity contribution in [1.82, 2.24) is 4.90 Å². The van der Waals surface area contributed by atoms with Crippen molar-refractivity contribution in [3.63, 3.8) is 0 Å². The van der Waals surface area contributed by atoms with Crippen LogP contribution in [0.4, 0.5) is 0 Å². The van der Waals surface area contributed by atoms with E-state index in [1.165, 1.54) is 24.0 Å². The largest absolute Gasteiger partial charge is 0.391 e. The van der Waals surface area contributed by atoms with Crippen LogP contribution in [-0.4, -0.2) is 29.2 Å². The number of nitrogens with zero attached hydrogens (tertiary/aromatic N) is 1. The molecule has 1 aromatic carbocycles. The molecule has 1 N–H and O–H groups in total. The van der Waals surface area contributed by atoms with Crippen molar-refractivity contribution in [2.45, 2.75) is 44.2 Å². The Bertz CT molecular complexity index is 384. The first kappa shape index (κ1) is 11.2. The molecular weight excluding hydrogens is 210 g/mol. The number of aliphatic hydroxyl groups excluding tert-OH is 1. The topological polar surface area (TPSA) is 23.5 Å². The molecule has 2 heteroatoms. The zero-order chi connectivity index (χ0) is 11.7. The van der Waals surface area contributed by atoms with Gasteiger partial charge in [0.25, 0.3) is 0 Å². The first-order valence-corrected chi connectivity index (χ1v) is 6.86. The van der Waals surface area contributed by atoms with E-state index >= 15 is 0 Å². The second-order valence-corrected chi connectivity index (χ2v) is 5.35. The lowest BCUT2D eigenvalue weighted by Crippen LogP contribution is -2.34. The van der Waals surface area contributed by atoms with E-state index in [0.29, 0.717) is 0 Å². The molecule has 1 aliphatic carbocycles. The third-order valence-corrected chi connectivity index (χ3v) is 4.22. The van der Waals surface area contributed by atoms with Crippen molar-refractivity contribution in [2.24, 2.45) is 0 Å². The van der Waals surface area contributed by atoms with E-state index in [-0.39, 0.29) is 12.1 Å². The first-order valence-electron chi connectivity index (χ1n) is 6.86. The number of likely N-dealkylation sites (tertiary alicyclic amines) is 1. The molecule has 92 valence electrons. The molecule has 0 spiro atoms. The molecule has 17 heavy (non-hydrogen) atoms. The van der Waals surface area contributed by atoms with Crippen molar-refractivity contribution < 1.29 is 5.11 Å². The normalized spacial score (nSPS) is 29.9. The predicted molar refractivity (Wildman–Crippen MR) is 68.9 cm³/mol. The zero-order valence-corrected chi connectivity index (χ0v) is 10.3. The van der Waals surface area contributed by atoms with Gasteiger partial charge in [-0.2, -0.15) is 0 Å². The van der Waals surface area contributed by atoms with E-state index < -0.39 is 0 Å². The molecule has 1 saturated heterocycles. The maximum Gasteiger partial charge on any atom is 0.0737 e. The number of hydrogen-bond acceptors (Lipinski definition) is 2. The highest BCUT2D eigenvalue weighted by Gasteiger charge is 2.32. The third-order valence-electron chi connectivity index (χ3n) is 4.22. The maximum absolute atomic E-state index is 10.4. The smallest absolute Gasteiger partial charge is 0.0737 e. The first-order chi connectivity index (χ1) is 8.36. The van der Waals surface area contributed by atoms with Gasteiger partial charge in [-0.25, -0.2) is 0 Å². The second-order valence-electron chi connectivity index (χ2n) is 5.35. The quantitative estimate of drug-likeness (QED) is 0.751. The van der Waals surface area contributed by atoms with Gasteiger partial charge in [-0.05, 0) is 56.3 Å². The van der Waals surface area contributed by atoms with Crippen LogP contribution in [0.15, 0.2) is 24.3 Å². The summed E-state index contributed by atoms with van der Waals surface area (Å²) in [5.74, 6) is 0. The fourth-order valence-corrected chi connectivity index (χ4v) is 3.38. The van der Waals surface area contributed by atoms with Crippen LogP contribution in [0.5, 0.6) is 0 Å². The van der Waals surface area contributed by atoms with E-state index in [1.807, 2.05) is 0 Å². The standard InChI is InChI=1S/C15H21NO/c17-14-9-5-7-12-6-1-2-8-13(12)15(14)16-10-3-4-11-16/h1-2,6,8,14-15,17H,3-5,7,9-11H2/t14-,15-/m0/s1. The van der Waals surface area contributed by atoms with Crippen LogP contribution in [0.1, 0.15) is 42.9 Å². The predicted octanol–water partition coefficient (Wildman–Crippen LogP) is 2.52. The lowest BCUT2D eigenvalue weighted by atomic mass is 9.96. The molecule has 2 nitrogen and oxygen atoms in total. The van der Waals surface area contributed by atoms with Crippen molar-refractivity contribution in [3.05, 3.63) is 35.4 Å². The highest BCUT2D eigenvalue weighted by molar-refractivity contribution is 5.32. The van der Waals surface area contributed by atoms with Gasteiger partial charge in [0.15, 0.2) is 0 Å². The van der Waals surface area contributed by atoms with Crippen LogP contribution >= 0.6 is 0 Å². The second kappa shape index (κ2) is 4.79. The Morgan fingerprint density at radius 3 is 2.65 bits per heavy atom. The Labute approximate surface area is 103 Å². The number of hydrogen-bond donors (Lipinski definition) is 1. The summed E-state index contributed by atoms with van der Waals surface area (Å²) in [6, 6.07) is 8.93. The summed E-state index contributed by atoms with van der Waals surface area (Å²) >= 11 is 0. The Kier molecular flexibility index (Phi) is 3.17. The number of benzene rings is 1. The van der Waals surface area contributed by atoms with Gasteiger partial charge < -0.3 is 5.11 Å². The van der Waals surface area contributed by atoms with Crippen LogP contribution < -0.4 is 0 Å². The average molecular weight is 231 g/mol. The molecule has 0 radical (unpaired) electrons. The molecule has 2 aliphatic rings. The van der Waals surface area contributed by atoms with E-state index in [2.05, 4.69) is 29.2 Å². The third kappa shape index (κ3) is 2.12. The van der Waals surface area contributed by atoms with Crippen molar-refractivity contribution >= 4 is 0 Å². The van der Waals surface area contributed by atoms with Gasteiger partial charge in [0.05, 0.1) is 12.1 Å². The van der Waals surface area contributed by atoms with Gasteiger partial charge in [0, 0.05) is 0 Å². The minimum absolute atomic E-state index is 0.184. The molecule has 0 amide bonds. The monoisotopic (exact) mass is 231 g/mol. The molecule has 0 aromatic heterocycles. The molecular formula is C15H21NO. The molecule has 1 fully saturated rings. The number of rotatable bonds is 1. The fraction of sp³-hybridized carbons (Fsp3) is 0.600. The van der Waals surface area contributed by atoms with Gasteiger partial charge in [-0.3, -0.25) is 4.90 Å². The molecule has 0 bridgehead atoms. The minimum Gasteiger partial charge on any atom is -0.391 e. The molecule has 2 atom stereocenters. The summed E-state index contributed by atoms with van der Waals surface area (Å²) in [6.07, 6.45) is 5.56. The van der Waals surface area contributed by atoms with Crippen molar-refractivity contribution in [2.75, 3.05) is 13.1 Å². The molecule has 1 heterocycles. The summed E-state index contributed by atoms with van der Waals surface area (Å²) in [6.45, 7) is 2.30. The number of aryl methyl sites for hydroxylation is 1. The zero-order valence-electron chi connectivity index (χ0n) is 10.3. The Morgan fingerprint density at radius 1 is 1.06 bits per heavy atom.